The Balaban J connectivity index is 1.50. The fourth-order valence-electron chi connectivity index (χ4n) is 3.56. The maximum Gasteiger partial charge on any atom is 0.257 e. The minimum Gasteiger partial charge on any atom is -0.480 e. The molecule has 1 aliphatic heterocycles. The number of furan rings is 1. The van der Waals surface area contributed by atoms with Gasteiger partial charge in [-0.25, -0.2) is 9.97 Å². The number of benzene rings is 1. The van der Waals surface area contributed by atoms with Crippen LogP contribution in [0.25, 0.3) is 10.9 Å². The lowest BCUT2D eigenvalue weighted by Crippen LogP contribution is -2.48. The van der Waals surface area contributed by atoms with Crippen LogP contribution in [0.3, 0.4) is 0 Å². The van der Waals surface area contributed by atoms with Crippen LogP contribution in [-0.4, -0.2) is 54.1 Å². The number of aryl methyl sites for hydroxylation is 2. The topological polar surface area (TPSA) is 71.7 Å². The molecule has 27 heavy (non-hydrogen) atoms. The Morgan fingerprint density at radius 3 is 2.56 bits per heavy atom. The fraction of sp³-hybridized carbons (Fsp3) is 0.350. The third kappa shape index (κ3) is 3.20. The molecular formula is C20H22N4O3. The number of hydrogen-bond acceptors (Lipinski definition) is 6. The van der Waals surface area contributed by atoms with Crippen molar-refractivity contribution in [3.8, 4) is 5.88 Å². The number of piperazine rings is 1. The van der Waals surface area contributed by atoms with Crippen molar-refractivity contribution in [1.82, 2.24) is 14.9 Å². The first-order chi connectivity index (χ1) is 13.1. The van der Waals surface area contributed by atoms with E-state index < -0.39 is 0 Å². The van der Waals surface area contributed by atoms with E-state index in [1.165, 1.54) is 6.33 Å². The number of methoxy groups -OCH3 is 1. The van der Waals surface area contributed by atoms with Gasteiger partial charge in [0.15, 0.2) is 0 Å². The molecule has 0 radical (unpaired) electrons. The number of anilines is 1. The fourth-order valence-corrected chi connectivity index (χ4v) is 3.56. The molecule has 0 N–H and O–H groups in total. The summed E-state index contributed by atoms with van der Waals surface area (Å²) in [6.07, 6.45) is 1.50. The van der Waals surface area contributed by atoms with Gasteiger partial charge in [-0.15, -0.1) is 0 Å². The second-order valence-corrected chi connectivity index (χ2v) is 6.69. The lowest BCUT2D eigenvalue weighted by Gasteiger charge is -2.36. The van der Waals surface area contributed by atoms with Gasteiger partial charge in [0.2, 0.25) is 5.88 Å². The molecule has 1 amide bonds. The van der Waals surface area contributed by atoms with Gasteiger partial charge >= 0.3 is 0 Å². The van der Waals surface area contributed by atoms with E-state index in [1.54, 1.807) is 7.11 Å². The summed E-state index contributed by atoms with van der Waals surface area (Å²) in [4.78, 5) is 25.4. The van der Waals surface area contributed by atoms with Gasteiger partial charge in [-0.1, -0.05) is 0 Å². The molecule has 0 aliphatic carbocycles. The summed E-state index contributed by atoms with van der Waals surface area (Å²) in [5.41, 5.74) is 2.59. The Morgan fingerprint density at radius 1 is 1.11 bits per heavy atom. The molecule has 0 atom stereocenters. The molecule has 140 valence electrons. The van der Waals surface area contributed by atoms with Crippen LogP contribution in [0, 0.1) is 13.8 Å². The highest BCUT2D eigenvalue weighted by Crippen LogP contribution is 2.27. The first kappa shape index (κ1) is 17.3. The van der Waals surface area contributed by atoms with Crippen molar-refractivity contribution in [2.24, 2.45) is 0 Å². The summed E-state index contributed by atoms with van der Waals surface area (Å²) in [5.74, 6) is 2.06. The molecule has 1 saturated heterocycles. The van der Waals surface area contributed by atoms with E-state index in [0.717, 1.165) is 35.4 Å². The number of fused-ring (bicyclic) bond motifs is 1. The number of ether oxygens (including phenoxy) is 1. The zero-order valence-electron chi connectivity index (χ0n) is 15.7. The lowest BCUT2D eigenvalue weighted by molar-refractivity contribution is 0.0745. The number of nitrogens with zero attached hydrogens (tertiary/aromatic N) is 4. The van der Waals surface area contributed by atoms with Gasteiger partial charge in [0.1, 0.15) is 17.8 Å². The van der Waals surface area contributed by atoms with E-state index in [1.807, 2.05) is 30.9 Å². The van der Waals surface area contributed by atoms with Crippen molar-refractivity contribution in [2.75, 3.05) is 38.2 Å². The van der Waals surface area contributed by atoms with Crippen LogP contribution in [0.15, 0.2) is 35.0 Å². The average molecular weight is 366 g/mol. The summed E-state index contributed by atoms with van der Waals surface area (Å²) in [6.45, 7) is 6.57. The molecule has 0 bridgehead atoms. The third-order valence-electron chi connectivity index (χ3n) is 4.98. The average Bonchev–Trinajstić information content (AvgIpc) is 3.04. The molecule has 0 saturated carbocycles. The summed E-state index contributed by atoms with van der Waals surface area (Å²) in [7, 11) is 1.61. The van der Waals surface area contributed by atoms with Gasteiger partial charge in [0, 0.05) is 31.9 Å². The van der Waals surface area contributed by atoms with Crippen LogP contribution in [-0.2, 0) is 0 Å². The van der Waals surface area contributed by atoms with Crippen LogP contribution < -0.4 is 9.64 Å². The summed E-state index contributed by atoms with van der Waals surface area (Å²) >= 11 is 0. The van der Waals surface area contributed by atoms with E-state index in [2.05, 4.69) is 27.0 Å². The molecule has 3 heterocycles. The van der Waals surface area contributed by atoms with Crippen LogP contribution in [0.2, 0.25) is 0 Å². The first-order valence-electron chi connectivity index (χ1n) is 8.97. The van der Waals surface area contributed by atoms with E-state index >= 15 is 0 Å². The molecule has 7 nitrogen and oxygen atoms in total. The molecule has 2 aromatic heterocycles. The number of carbonyl (C=O) groups is 1. The quantitative estimate of drug-likeness (QED) is 0.710. The molecule has 3 aromatic rings. The molecule has 7 heteroatoms. The first-order valence-corrected chi connectivity index (χ1v) is 8.97. The van der Waals surface area contributed by atoms with Crippen molar-refractivity contribution >= 4 is 22.5 Å². The van der Waals surface area contributed by atoms with E-state index in [0.29, 0.717) is 30.3 Å². The largest absolute Gasteiger partial charge is 0.480 e. The highest BCUT2D eigenvalue weighted by atomic mass is 16.5. The number of amides is 1. The van der Waals surface area contributed by atoms with Crippen molar-refractivity contribution in [2.45, 2.75) is 13.8 Å². The van der Waals surface area contributed by atoms with E-state index in [9.17, 15) is 4.79 Å². The van der Waals surface area contributed by atoms with E-state index in [-0.39, 0.29) is 5.91 Å². The highest BCUT2D eigenvalue weighted by Gasteiger charge is 2.25. The zero-order valence-corrected chi connectivity index (χ0v) is 15.7. The van der Waals surface area contributed by atoms with E-state index in [4.69, 9.17) is 9.15 Å². The second-order valence-electron chi connectivity index (χ2n) is 6.69. The molecule has 0 unspecified atom stereocenters. The Morgan fingerprint density at radius 2 is 1.89 bits per heavy atom. The monoisotopic (exact) mass is 366 g/mol. The molecule has 1 aromatic carbocycles. The summed E-state index contributed by atoms with van der Waals surface area (Å²) in [6, 6.07) is 7.90. The molecule has 4 rings (SSSR count). The molecule has 0 spiro atoms. The normalized spacial score (nSPS) is 14.6. The van der Waals surface area contributed by atoms with Gasteiger partial charge < -0.3 is 19.0 Å². The van der Waals surface area contributed by atoms with Crippen molar-refractivity contribution in [1.29, 1.82) is 0 Å². The third-order valence-corrected chi connectivity index (χ3v) is 4.98. The van der Waals surface area contributed by atoms with Crippen LogP contribution in [0.5, 0.6) is 5.88 Å². The maximum atomic E-state index is 12.7. The smallest absolute Gasteiger partial charge is 0.257 e. The standard InChI is InChI=1S/C20H22N4O3/c1-13-10-16(14(2)27-13)20(25)24-8-6-23(7-9-24)15-4-5-18-17(11-15)19(26-3)22-12-21-18/h4-5,10-12H,6-9H2,1-3H3. The van der Waals surface area contributed by atoms with Crippen molar-refractivity contribution in [3.63, 3.8) is 0 Å². The molecular weight excluding hydrogens is 344 g/mol. The van der Waals surface area contributed by atoms with Crippen LogP contribution in [0.4, 0.5) is 5.69 Å². The minimum absolute atomic E-state index is 0.0394. The second kappa shape index (κ2) is 6.90. The molecule has 1 fully saturated rings. The summed E-state index contributed by atoms with van der Waals surface area (Å²) < 4.78 is 10.8. The Labute approximate surface area is 157 Å². The SMILES string of the molecule is COc1ncnc2ccc(N3CCN(C(=O)c4cc(C)oc4C)CC3)cc12. The maximum absolute atomic E-state index is 12.7. The lowest BCUT2D eigenvalue weighted by atomic mass is 10.1. The molecule has 1 aliphatic rings. The Hall–Kier alpha value is -3.09. The predicted octanol–water partition coefficient (Wildman–Crippen LogP) is 2.81. The summed E-state index contributed by atoms with van der Waals surface area (Å²) in [5, 5.41) is 0.889. The van der Waals surface area contributed by atoms with Crippen molar-refractivity contribution < 1.29 is 13.9 Å². The number of rotatable bonds is 3. The van der Waals surface area contributed by atoms with Crippen LogP contribution in [0.1, 0.15) is 21.9 Å². The minimum atomic E-state index is 0.0394. The van der Waals surface area contributed by atoms with Gasteiger partial charge in [-0.2, -0.15) is 0 Å². The Kier molecular flexibility index (Phi) is 4.43. The van der Waals surface area contributed by atoms with Crippen molar-refractivity contribution in [3.05, 3.63) is 47.7 Å². The highest BCUT2D eigenvalue weighted by molar-refractivity contribution is 5.95. The van der Waals surface area contributed by atoms with Gasteiger partial charge in [0.25, 0.3) is 5.91 Å². The number of hydrogen-bond donors (Lipinski definition) is 0. The zero-order chi connectivity index (χ0) is 19.0. The van der Waals surface area contributed by atoms with Gasteiger partial charge in [-0.05, 0) is 38.1 Å². The predicted molar refractivity (Wildman–Crippen MR) is 102 cm³/mol. The number of aromatic nitrogens is 2. The number of carbonyl (C=O) groups excluding carboxylic acids is 1. The Bertz CT molecular complexity index is 990. The van der Waals surface area contributed by atoms with Gasteiger partial charge in [0.05, 0.1) is 23.6 Å². The van der Waals surface area contributed by atoms with Crippen LogP contribution >= 0.6 is 0 Å². The van der Waals surface area contributed by atoms with Gasteiger partial charge in [-0.3, -0.25) is 4.79 Å².